The van der Waals surface area contributed by atoms with Gasteiger partial charge >= 0.3 is 5.97 Å². The quantitative estimate of drug-likeness (QED) is 0.231. The molecule has 3 aromatic heterocycles. The van der Waals surface area contributed by atoms with E-state index in [0.29, 0.717) is 50.0 Å². The van der Waals surface area contributed by atoms with Crippen LogP contribution in [0.1, 0.15) is 42.6 Å². The van der Waals surface area contributed by atoms with Crippen molar-refractivity contribution < 1.29 is 35.5 Å². The molecule has 3 aliphatic rings. The van der Waals surface area contributed by atoms with Crippen molar-refractivity contribution in [3.63, 3.8) is 0 Å². The number of likely N-dealkylation sites (N-methyl/N-ethyl adjacent to an activating group) is 1. The van der Waals surface area contributed by atoms with Gasteiger partial charge in [0.1, 0.15) is 29.5 Å². The lowest BCUT2D eigenvalue weighted by molar-refractivity contribution is -0.137. The Morgan fingerprint density at radius 3 is 1.98 bits per heavy atom. The molecular formula is C37H36F2N7O6S2. The normalized spacial score (nSPS) is 18.1. The summed E-state index contributed by atoms with van der Waals surface area (Å²) in [7, 11) is -4.36. The third-order valence-electron chi connectivity index (χ3n) is 10.2. The number of rotatable bonds is 8. The maximum Gasteiger partial charge on any atom is 0.323 e. The molecule has 1 aliphatic heterocycles. The molecule has 1 radical (unpaired) electrons. The summed E-state index contributed by atoms with van der Waals surface area (Å²) >= 11 is 0. The second kappa shape index (κ2) is 14.6. The molecule has 0 bridgehead atoms. The number of nitrogens with zero attached hydrogens (tertiary/aromatic N) is 7. The molecule has 13 nitrogen and oxygen atoms in total. The van der Waals surface area contributed by atoms with Gasteiger partial charge in [-0.2, -0.15) is 8.61 Å². The molecule has 0 amide bonds. The van der Waals surface area contributed by atoms with Crippen LogP contribution in [0, 0.1) is 11.6 Å². The van der Waals surface area contributed by atoms with Crippen LogP contribution in [-0.4, -0.2) is 82.2 Å². The molecule has 8 rings (SSSR count). The minimum absolute atomic E-state index is 0.0437. The molecule has 281 valence electrons. The lowest BCUT2D eigenvalue weighted by atomic mass is 9.91. The van der Waals surface area contributed by atoms with Crippen molar-refractivity contribution in [2.45, 2.75) is 66.9 Å². The van der Waals surface area contributed by atoms with E-state index in [-0.39, 0.29) is 28.4 Å². The number of halogens is 2. The Hall–Kier alpha value is -5.10. The van der Waals surface area contributed by atoms with Gasteiger partial charge in [-0.1, -0.05) is 0 Å². The molecule has 5 aromatic rings. The van der Waals surface area contributed by atoms with E-state index in [4.69, 9.17) is 0 Å². The zero-order valence-electron chi connectivity index (χ0n) is 29.3. The van der Waals surface area contributed by atoms with Crippen molar-refractivity contribution in [2.75, 3.05) is 14.1 Å². The lowest BCUT2D eigenvalue weighted by Gasteiger charge is -2.31. The van der Waals surface area contributed by atoms with E-state index in [1.54, 1.807) is 36.3 Å². The maximum absolute atomic E-state index is 13.2. The number of aromatic nitrogens is 4. The van der Waals surface area contributed by atoms with Crippen LogP contribution >= 0.6 is 0 Å². The number of pyridine rings is 1. The number of carboxylic acids is 1. The van der Waals surface area contributed by atoms with E-state index in [1.807, 2.05) is 6.07 Å². The zero-order valence-corrected chi connectivity index (χ0v) is 30.9. The predicted octanol–water partition coefficient (Wildman–Crippen LogP) is 4.89. The van der Waals surface area contributed by atoms with Crippen LogP contribution in [-0.2, 0) is 44.2 Å². The maximum atomic E-state index is 13.2. The molecule has 2 unspecified atom stereocenters. The third kappa shape index (κ3) is 6.99. The van der Waals surface area contributed by atoms with Crippen molar-refractivity contribution in [1.29, 1.82) is 0 Å². The van der Waals surface area contributed by atoms with Crippen LogP contribution in [0.5, 0.6) is 0 Å². The van der Waals surface area contributed by atoms with Gasteiger partial charge in [-0.25, -0.2) is 40.9 Å². The van der Waals surface area contributed by atoms with Gasteiger partial charge in [-0.3, -0.25) is 9.78 Å². The zero-order chi connectivity index (χ0) is 38.4. The summed E-state index contributed by atoms with van der Waals surface area (Å²) < 4.78 is 82.3. The standard InChI is InChI=1S/C20H20FN3O4S.C17H16FN4O2S/c1-23(29(27,28)15-7-4-13(21)5-8-15)14-6-9-18-17(11-14)16-3-2-10-22-20(16)24(18)12-19(25)26;1-22(25(23,24)13-5-2-11(18)3-6-13)12-4-7-15-14(10-12)16-17(21-15)20-9-8-19-16/h2-5,7-8,10,14H,6,9,11-12H2,1H3,(H,25,26);2-3,5-6,8-9,12H,4,7,10H2,1H3. The molecule has 0 saturated heterocycles. The summed E-state index contributed by atoms with van der Waals surface area (Å²) in [6, 6.07) is 12.9. The number of benzene rings is 2. The summed E-state index contributed by atoms with van der Waals surface area (Å²) in [5.74, 6) is -1.30. The van der Waals surface area contributed by atoms with Crippen LogP contribution in [0.25, 0.3) is 16.6 Å². The van der Waals surface area contributed by atoms with Crippen molar-refractivity contribution in [3.8, 4) is 0 Å². The molecule has 4 heterocycles. The van der Waals surface area contributed by atoms with E-state index in [1.165, 1.54) is 39.9 Å². The van der Waals surface area contributed by atoms with E-state index >= 15 is 0 Å². The highest BCUT2D eigenvalue weighted by Gasteiger charge is 2.37. The highest BCUT2D eigenvalue weighted by molar-refractivity contribution is 7.89. The Balaban J connectivity index is 0.000000168. The lowest BCUT2D eigenvalue weighted by Crippen LogP contribution is -2.40. The number of carboxylic acid groups (broad SMARTS) is 1. The highest BCUT2D eigenvalue weighted by atomic mass is 32.2. The minimum Gasteiger partial charge on any atom is -0.480 e. The smallest absolute Gasteiger partial charge is 0.323 e. The fourth-order valence-electron chi connectivity index (χ4n) is 7.33. The van der Waals surface area contributed by atoms with Crippen LogP contribution in [0.2, 0.25) is 0 Å². The summed E-state index contributed by atoms with van der Waals surface area (Å²) in [4.78, 5) is 24.4. The number of carbonyl (C=O) groups is 1. The fraction of sp³-hybridized carbons (Fsp3) is 0.297. The molecule has 17 heteroatoms. The van der Waals surface area contributed by atoms with Crippen molar-refractivity contribution in [2.24, 2.45) is 0 Å². The molecule has 2 aromatic carbocycles. The van der Waals surface area contributed by atoms with Gasteiger partial charge in [0, 0.05) is 67.1 Å². The topological polar surface area (TPSA) is 170 Å². The first-order valence-electron chi connectivity index (χ1n) is 17.1. The van der Waals surface area contributed by atoms with E-state index in [9.17, 15) is 35.5 Å². The number of hydrogen-bond acceptors (Lipinski definition) is 8. The molecule has 0 fully saturated rings. The number of sulfonamides is 2. The number of hydrogen-bond donors (Lipinski definition) is 1. The molecule has 54 heavy (non-hydrogen) atoms. The summed E-state index contributed by atoms with van der Waals surface area (Å²) in [6.07, 6.45) is 8.30. The second-order valence-corrected chi connectivity index (χ2v) is 17.3. The summed E-state index contributed by atoms with van der Waals surface area (Å²) in [5, 5.41) is 14.6. The van der Waals surface area contributed by atoms with E-state index in [0.717, 1.165) is 57.9 Å². The number of allylic oxidation sites excluding steroid dienone is 1. The third-order valence-corrected chi connectivity index (χ3v) is 14.1. The Bertz CT molecular complexity index is 2490. The van der Waals surface area contributed by atoms with Gasteiger partial charge in [-0.15, -0.1) is 0 Å². The Morgan fingerprint density at radius 2 is 1.37 bits per heavy atom. The SMILES string of the molecule is CN(C1CCC2=C(C1)c1nccnc1[N]2)S(=O)(=O)c1ccc(F)cc1.CN(C1CCc2c(c3cccnc3n2CC(=O)O)C1)S(=O)(=O)c1ccc(F)cc1. The average Bonchev–Trinajstić information content (AvgIpc) is 3.69. The highest BCUT2D eigenvalue weighted by Crippen LogP contribution is 2.42. The van der Waals surface area contributed by atoms with Crippen molar-refractivity contribution in [3.05, 3.63) is 114 Å². The minimum atomic E-state index is -3.77. The molecule has 0 spiro atoms. The summed E-state index contributed by atoms with van der Waals surface area (Å²) in [6.45, 7) is -0.183. The van der Waals surface area contributed by atoms with Gasteiger partial charge in [0.15, 0.2) is 5.82 Å². The largest absolute Gasteiger partial charge is 0.480 e. The molecular weight excluding hydrogens is 741 g/mol. The number of fused-ring (bicyclic) bond motifs is 5. The first-order valence-corrected chi connectivity index (χ1v) is 20.0. The first kappa shape index (κ1) is 37.2. The van der Waals surface area contributed by atoms with Crippen LogP contribution in [0.4, 0.5) is 14.6 Å². The molecule has 1 N–H and O–H groups in total. The first-order chi connectivity index (χ1) is 25.8. The van der Waals surface area contributed by atoms with Crippen LogP contribution in [0.15, 0.2) is 94.7 Å². The van der Waals surface area contributed by atoms with Gasteiger partial charge in [0.2, 0.25) is 20.0 Å². The average molecular weight is 777 g/mol. The van der Waals surface area contributed by atoms with Gasteiger partial charge < -0.3 is 9.67 Å². The van der Waals surface area contributed by atoms with Gasteiger partial charge in [0.25, 0.3) is 0 Å². The Kier molecular flexibility index (Phi) is 10.1. The molecule has 0 saturated carbocycles. The van der Waals surface area contributed by atoms with Crippen molar-refractivity contribution in [1.82, 2.24) is 33.4 Å². The second-order valence-electron chi connectivity index (χ2n) is 13.3. The Morgan fingerprint density at radius 1 is 0.796 bits per heavy atom. The number of aliphatic carboxylic acids is 1. The Labute approximate surface area is 311 Å². The van der Waals surface area contributed by atoms with Crippen LogP contribution < -0.4 is 5.32 Å². The predicted molar refractivity (Wildman–Crippen MR) is 194 cm³/mol. The fourth-order valence-corrected chi connectivity index (χ4v) is 10.1. The molecule has 2 atom stereocenters. The monoisotopic (exact) mass is 776 g/mol. The van der Waals surface area contributed by atoms with Crippen LogP contribution in [0.3, 0.4) is 0 Å². The van der Waals surface area contributed by atoms with Gasteiger partial charge in [0.05, 0.1) is 9.79 Å². The molecule has 2 aliphatic carbocycles. The van der Waals surface area contributed by atoms with Gasteiger partial charge in [-0.05, 0) is 105 Å². The van der Waals surface area contributed by atoms with Crippen molar-refractivity contribution >= 4 is 48.4 Å². The van der Waals surface area contributed by atoms with E-state index < -0.39 is 37.7 Å². The summed E-state index contributed by atoms with van der Waals surface area (Å²) in [5.41, 5.74) is 5.10. The van der Waals surface area contributed by atoms with E-state index in [2.05, 4.69) is 20.3 Å².